The second-order valence-corrected chi connectivity index (χ2v) is 5.84. The van der Waals surface area contributed by atoms with E-state index in [4.69, 9.17) is 9.47 Å². The molecular formula is C17H27N5O3. The van der Waals surface area contributed by atoms with E-state index >= 15 is 0 Å². The van der Waals surface area contributed by atoms with Crippen LogP contribution < -0.4 is 10.1 Å². The standard InChI is InChI=1S/C17H27N5O3/c1-5-8-24-16(6-7-23)20-17-15(10-18-13(3)19-17)25-11-14-9-12(2)22(4)21-14/h9-10,16,23H,5-8,11H2,1-4H3,(H,18,19,20)/t16-/m0/s1. The molecule has 0 saturated carbocycles. The number of aryl methyl sites for hydroxylation is 3. The number of nitrogens with zero attached hydrogens (tertiary/aromatic N) is 4. The van der Waals surface area contributed by atoms with Gasteiger partial charge in [-0.05, 0) is 26.3 Å². The fourth-order valence-electron chi connectivity index (χ4n) is 2.25. The number of anilines is 1. The first-order valence-electron chi connectivity index (χ1n) is 8.48. The third kappa shape index (κ3) is 5.68. The first-order chi connectivity index (χ1) is 12.0. The zero-order chi connectivity index (χ0) is 18.2. The quantitative estimate of drug-likeness (QED) is 0.633. The van der Waals surface area contributed by atoms with Crippen LogP contribution in [-0.4, -0.2) is 44.3 Å². The smallest absolute Gasteiger partial charge is 0.180 e. The summed E-state index contributed by atoms with van der Waals surface area (Å²) >= 11 is 0. The topological polar surface area (TPSA) is 94.3 Å². The van der Waals surface area contributed by atoms with Crippen LogP contribution in [0.5, 0.6) is 5.75 Å². The Morgan fingerprint density at radius 2 is 2.16 bits per heavy atom. The van der Waals surface area contributed by atoms with E-state index in [0.29, 0.717) is 37.0 Å². The molecule has 0 spiro atoms. The SMILES string of the molecule is CCCO[C@@H](CCO)Nc1nc(C)ncc1OCc1cc(C)n(C)n1. The van der Waals surface area contributed by atoms with Gasteiger partial charge in [0, 0.05) is 32.4 Å². The molecule has 0 aliphatic carbocycles. The Balaban J connectivity index is 2.09. The van der Waals surface area contributed by atoms with Gasteiger partial charge in [-0.2, -0.15) is 5.10 Å². The average molecular weight is 349 g/mol. The van der Waals surface area contributed by atoms with Gasteiger partial charge in [0.2, 0.25) is 0 Å². The van der Waals surface area contributed by atoms with Gasteiger partial charge < -0.3 is 19.9 Å². The molecular weight excluding hydrogens is 322 g/mol. The first kappa shape index (κ1) is 19.1. The summed E-state index contributed by atoms with van der Waals surface area (Å²) in [7, 11) is 1.89. The summed E-state index contributed by atoms with van der Waals surface area (Å²) in [6, 6.07) is 1.97. The molecule has 1 atom stereocenters. The van der Waals surface area contributed by atoms with E-state index in [1.165, 1.54) is 0 Å². The van der Waals surface area contributed by atoms with Crippen LogP contribution in [0.15, 0.2) is 12.3 Å². The maximum Gasteiger partial charge on any atom is 0.180 e. The summed E-state index contributed by atoms with van der Waals surface area (Å²) in [5, 5.41) is 16.8. The highest BCUT2D eigenvalue weighted by Gasteiger charge is 2.14. The molecule has 0 bridgehead atoms. The molecule has 0 unspecified atom stereocenters. The second kappa shape index (κ2) is 9.33. The van der Waals surface area contributed by atoms with Crippen molar-refractivity contribution in [3.63, 3.8) is 0 Å². The van der Waals surface area contributed by atoms with Crippen molar-refractivity contribution in [1.82, 2.24) is 19.7 Å². The number of hydrogen-bond donors (Lipinski definition) is 2. The number of aromatic nitrogens is 4. The zero-order valence-corrected chi connectivity index (χ0v) is 15.3. The number of nitrogens with one attached hydrogen (secondary N) is 1. The van der Waals surface area contributed by atoms with E-state index in [9.17, 15) is 5.11 Å². The normalized spacial score (nSPS) is 12.2. The zero-order valence-electron chi connectivity index (χ0n) is 15.3. The Hall–Kier alpha value is -2.19. The molecule has 2 heterocycles. The fraction of sp³-hybridized carbons (Fsp3) is 0.588. The largest absolute Gasteiger partial charge is 0.482 e. The molecule has 0 aromatic carbocycles. The molecule has 0 fully saturated rings. The van der Waals surface area contributed by atoms with Crippen LogP contribution in [0.1, 0.15) is 37.0 Å². The molecule has 0 amide bonds. The highest BCUT2D eigenvalue weighted by molar-refractivity contribution is 5.49. The van der Waals surface area contributed by atoms with Gasteiger partial charge in [0.15, 0.2) is 11.6 Å². The van der Waals surface area contributed by atoms with E-state index in [2.05, 4.69) is 20.4 Å². The molecule has 0 saturated heterocycles. The second-order valence-electron chi connectivity index (χ2n) is 5.84. The maximum absolute atomic E-state index is 9.22. The minimum Gasteiger partial charge on any atom is -0.482 e. The number of aliphatic hydroxyl groups is 1. The van der Waals surface area contributed by atoms with Crippen LogP contribution in [0.2, 0.25) is 0 Å². The fourth-order valence-corrected chi connectivity index (χ4v) is 2.25. The van der Waals surface area contributed by atoms with Gasteiger partial charge in [-0.3, -0.25) is 4.68 Å². The van der Waals surface area contributed by atoms with Crippen molar-refractivity contribution in [2.75, 3.05) is 18.5 Å². The van der Waals surface area contributed by atoms with Gasteiger partial charge >= 0.3 is 0 Å². The molecule has 8 heteroatoms. The Morgan fingerprint density at radius 3 is 2.80 bits per heavy atom. The maximum atomic E-state index is 9.22. The van der Waals surface area contributed by atoms with E-state index < -0.39 is 0 Å². The third-order valence-corrected chi connectivity index (χ3v) is 3.63. The summed E-state index contributed by atoms with van der Waals surface area (Å²) in [6.45, 7) is 6.78. The Kier molecular flexibility index (Phi) is 7.15. The van der Waals surface area contributed by atoms with Crippen LogP contribution in [-0.2, 0) is 18.4 Å². The number of ether oxygens (including phenoxy) is 2. The summed E-state index contributed by atoms with van der Waals surface area (Å²) in [5.74, 6) is 1.70. The summed E-state index contributed by atoms with van der Waals surface area (Å²) in [4.78, 5) is 8.60. The van der Waals surface area contributed by atoms with Crippen molar-refractivity contribution in [1.29, 1.82) is 0 Å². The van der Waals surface area contributed by atoms with E-state index in [1.54, 1.807) is 10.9 Å². The van der Waals surface area contributed by atoms with Crippen molar-refractivity contribution in [2.24, 2.45) is 7.05 Å². The molecule has 8 nitrogen and oxygen atoms in total. The molecule has 0 aliphatic heterocycles. The van der Waals surface area contributed by atoms with E-state index in [0.717, 1.165) is 17.8 Å². The van der Waals surface area contributed by atoms with Crippen LogP contribution in [0.25, 0.3) is 0 Å². The predicted molar refractivity (Wildman–Crippen MR) is 94.4 cm³/mol. The third-order valence-electron chi connectivity index (χ3n) is 3.63. The van der Waals surface area contributed by atoms with Crippen molar-refractivity contribution in [2.45, 2.75) is 46.4 Å². The van der Waals surface area contributed by atoms with Crippen LogP contribution >= 0.6 is 0 Å². The number of hydrogen-bond acceptors (Lipinski definition) is 7. The minimum absolute atomic E-state index is 0.0227. The lowest BCUT2D eigenvalue weighted by molar-refractivity contribution is 0.0538. The van der Waals surface area contributed by atoms with E-state index in [-0.39, 0.29) is 12.8 Å². The summed E-state index contributed by atoms with van der Waals surface area (Å²) in [6.07, 6.45) is 2.66. The Morgan fingerprint density at radius 1 is 1.36 bits per heavy atom. The van der Waals surface area contributed by atoms with Crippen molar-refractivity contribution in [3.05, 3.63) is 29.5 Å². The van der Waals surface area contributed by atoms with Crippen molar-refractivity contribution in [3.8, 4) is 5.75 Å². The molecule has 2 rings (SSSR count). The monoisotopic (exact) mass is 349 g/mol. The lowest BCUT2D eigenvalue weighted by Gasteiger charge is -2.20. The highest BCUT2D eigenvalue weighted by Crippen LogP contribution is 2.23. The Bertz CT molecular complexity index is 655. The van der Waals surface area contributed by atoms with Crippen LogP contribution in [0, 0.1) is 13.8 Å². The van der Waals surface area contributed by atoms with Crippen molar-refractivity contribution < 1.29 is 14.6 Å². The van der Waals surface area contributed by atoms with Gasteiger partial charge in [-0.15, -0.1) is 0 Å². The first-order valence-corrected chi connectivity index (χ1v) is 8.48. The molecule has 2 aromatic rings. The van der Waals surface area contributed by atoms with Gasteiger partial charge in [0.25, 0.3) is 0 Å². The van der Waals surface area contributed by atoms with Gasteiger partial charge in [0.05, 0.1) is 6.20 Å². The lowest BCUT2D eigenvalue weighted by Crippen LogP contribution is -2.26. The van der Waals surface area contributed by atoms with Gasteiger partial charge in [0.1, 0.15) is 24.4 Å². The predicted octanol–water partition coefficient (Wildman–Crippen LogP) is 1.95. The highest BCUT2D eigenvalue weighted by atomic mass is 16.5. The molecule has 2 N–H and O–H groups in total. The molecule has 25 heavy (non-hydrogen) atoms. The van der Waals surface area contributed by atoms with Crippen LogP contribution in [0.4, 0.5) is 5.82 Å². The molecule has 2 aromatic heterocycles. The Labute approximate surface area is 148 Å². The lowest BCUT2D eigenvalue weighted by atomic mass is 10.3. The summed E-state index contributed by atoms with van der Waals surface area (Å²) in [5.41, 5.74) is 1.90. The van der Waals surface area contributed by atoms with Crippen LogP contribution in [0.3, 0.4) is 0 Å². The molecule has 0 radical (unpaired) electrons. The minimum atomic E-state index is -0.335. The number of aliphatic hydroxyl groups excluding tert-OH is 1. The van der Waals surface area contributed by atoms with E-state index in [1.807, 2.05) is 33.9 Å². The summed E-state index contributed by atoms with van der Waals surface area (Å²) < 4.78 is 13.4. The van der Waals surface area contributed by atoms with Crippen molar-refractivity contribution >= 4 is 5.82 Å². The molecule has 138 valence electrons. The average Bonchev–Trinajstić information content (AvgIpc) is 2.90. The van der Waals surface area contributed by atoms with Gasteiger partial charge in [-0.1, -0.05) is 6.92 Å². The van der Waals surface area contributed by atoms with Gasteiger partial charge in [-0.25, -0.2) is 9.97 Å². The number of rotatable bonds is 10. The molecule has 0 aliphatic rings.